The third kappa shape index (κ3) is 3.86. The molecule has 5 heteroatoms. The van der Waals surface area contributed by atoms with Gasteiger partial charge in [0, 0.05) is 48.8 Å². The van der Waals surface area contributed by atoms with E-state index in [9.17, 15) is 0 Å². The first-order valence-corrected chi connectivity index (χ1v) is 12.6. The van der Waals surface area contributed by atoms with E-state index in [0.717, 1.165) is 51.8 Å². The topological polar surface area (TPSA) is 41.5 Å². The molecule has 3 aliphatic rings. The second-order valence-corrected chi connectivity index (χ2v) is 10.8. The van der Waals surface area contributed by atoms with Crippen molar-refractivity contribution in [2.75, 3.05) is 42.6 Å². The Morgan fingerprint density at radius 2 is 1.53 bits per heavy atom. The number of fused-ring (bicyclic) bond motifs is 2. The van der Waals surface area contributed by atoms with Gasteiger partial charge in [-0.25, -0.2) is 9.97 Å². The second-order valence-electron chi connectivity index (χ2n) is 10.8. The van der Waals surface area contributed by atoms with E-state index < -0.39 is 0 Å². The van der Waals surface area contributed by atoms with E-state index in [1.54, 1.807) is 0 Å². The summed E-state index contributed by atoms with van der Waals surface area (Å²) in [7, 11) is 0. The quantitative estimate of drug-likeness (QED) is 0.569. The minimum absolute atomic E-state index is 0.0259. The lowest BCUT2D eigenvalue weighted by Crippen LogP contribution is -2.32. The number of nitrogens with zero attached hydrogens (tertiary/aromatic N) is 4. The number of ether oxygens (including phenoxy) is 1. The largest absolute Gasteiger partial charge is 0.381 e. The Morgan fingerprint density at radius 1 is 0.882 bits per heavy atom. The van der Waals surface area contributed by atoms with E-state index in [4.69, 9.17) is 14.7 Å². The zero-order chi connectivity index (χ0) is 23.3. The van der Waals surface area contributed by atoms with E-state index in [0.29, 0.717) is 11.8 Å². The number of hydrogen-bond acceptors (Lipinski definition) is 5. The maximum atomic E-state index is 5.63. The first-order chi connectivity index (χ1) is 16.5. The van der Waals surface area contributed by atoms with Crippen LogP contribution in [0.25, 0.3) is 0 Å². The van der Waals surface area contributed by atoms with Crippen LogP contribution in [0.1, 0.15) is 41.8 Å². The average molecular weight is 455 g/mol. The second kappa shape index (κ2) is 8.38. The molecule has 5 nitrogen and oxygen atoms in total. The van der Waals surface area contributed by atoms with Gasteiger partial charge in [0.25, 0.3) is 0 Å². The number of rotatable bonds is 4. The number of benzene rings is 2. The predicted molar refractivity (Wildman–Crippen MR) is 137 cm³/mol. The Morgan fingerprint density at radius 3 is 2.21 bits per heavy atom. The van der Waals surface area contributed by atoms with Crippen LogP contribution in [0, 0.1) is 18.8 Å². The van der Waals surface area contributed by atoms with Crippen molar-refractivity contribution in [2.24, 2.45) is 11.8 Å². The Hall–Kier alpha value is -2.92. The van der Waals surface area contributed by atoms with Crippen molar-refractivity contribution in [3.05, 3.63) is 82.7 Å². The summed E-state index contributed by atoms with van der Waals surface area (Å²) < 4.78 is 5.63. The molecule has 0 aliphatic carbocycles. The molecule has 0 radical (unpaired) electrons. The van der Waals surface area contributed by atoms with Gasteiger partial charge in [0.05, 0.1) is 25.5 Å². The zero-order valence-corrected chi connectivity index (χ0v) is 20.5. The molecule has 2 saturated heterocycles. The molecule has 0 bridgehead atoms. The molecule has 4 heterocycles. The summed E-state index contributed by atoms with van der Waals surface area (Å²) in [5.74, 6) is 2.17. The molecule has 6 rings (SSSR count). The van der Waals surface area contributed by atoms with E-state index in [-0.39, 0.29) is 5.41 Å². The van der Waals surface area contributed by atoms with Crippen molar-refractivity contribution < 1.29 is 4.74 Å². The molecule has 3 aliphatic heterocycles. The Labute approximate surface area is 202 Å². The summed E-state index contributed by atoms with van der Waals surface area (Å²) in [5, 5.41) is 0. The van der Waals surface area contributed by atoms with Gasteiger partial charge < -0.3 is 14.5 Å². The minimum atomic E-state index is -0.0259. The highest BCUT2D eigenvalue weighted by atomic mass is 16.5. The number of anilines is 2. The molecule has 2 aromatic carbocycles. The highest BCUT2D eigenvalue weighted by Gasteiger charge is 2.38. The highest BCUT2D eigenvalue weighted by molar-refractivity contribution is 5.52. The van der Waals surface area contributed by atoms with Gasteiger partial charge in [-0.15, -0.1) is 0 Å². The molecule has 2 unspecified atom stereocenters. The summed E-state index contributed by atoms with van der Waals surface area (Å²) in [6.07, 6.45) is 3.05. The minimum Gasteiger partial charge on any atom is -0.381 e. The van der Waals surface area contributed by atoms with Crippen molar-refractivity contribution in [1.82, 2.24) is 9.97 Å². The standard InChI is InChI=1S/C29H34N4O/c1-20-4-6-24(7-5-20)29(2,3)25-8-10-26(11-9-25)32-13-12-21-14-30-28(31-27(21)17-32)33-15-22-18-34-19-23(22)16-33/h4-11,14,22-23H,12-13,15-19H2,1-3H3. The molecule has 0 saturated carbocycles. The molecule has 0 spiro atoms. The van der Waals surface area contributed by atoms with E-state index in [1.165, 1.54) is 33.6 Å². The lowest BCUT2D eigenvalue weighted by Gasteiger charge is -2.32. The summed E-state index contributed by atoms with van der Waals surface area (Å²) in [6, 6.07) is 18.1. The Bertz CT molecular complexity index is 1160. The number of aromatic nitrogens is 2. The third-order valence-electron chi connectivity index (χ3n) is 8.18. The maximum absolute atomic E-state index is 5.63. The maximum Gasteiger partial charge on any atom is 0.225 e. The monoisotopic (exact) mass is 454 g/mol. The smallest absolute Gasteiger partial charge is 0.225 e. The molecule has 3 aromatic rings. The van der Waals surface area contributed by atoms with Crippen LogP contribution in [0.3, 0.4) is 0 Å². The van der Waals surface area contributed by atoms with Gasteiger partial charge in [-0.05, 0) is 42.2 Å². The molecular weight excluding hydrogens is 420 g/mol. The van der Waals surface area contributed by atoms with E-state index in [2.05, 4.69) is 85.3 Å². The fraction of sp³-hybridized carbons (Fsp3) is 0.448. The van der Waals surface area contributed by atoms with Crippen LogP contribution in [0.4, 0.5) is 11.6 Å². The van der Waals surface area contributed by atoms with Gasteiger partial charge in [0.15, 0.2) is 0 Å². The summed E-state index contributed by atoms with van der Waals surface area (Å²) in [5.41, 5.74) is 7.69. The fourth-order valence-corrected chi connectivity index (χ4v) is 5.74. The molecule has 34 heavy (non-hydrogen) atoms. The van der Waals surface area contributed by atoms with Gasteiger partial charge in [0.1, 0.15) is 0 Å². The SMILES string of the molecule is Cc1ccc(C(C)(C)c2ccc(N3CCc4cnc(N5CC6COCC6C5)nc4C3)cc2)cc1. The normalized spacial score (nSPS) is 22.1. The number of aryl methyl sites for hydroxylation is 1. The molecule has 176 valence electrons. The van der Waals surface area contributed by atoms with Gasteiger partial charge in [-0.2, -0.15) is 0 Å². The van der Waals surface area contributed by atoms with Crippen molar-refractivity contribution in [3.8, 4) is 0 Å². The molecule has 2 fully saturated rings. The van der Waals surface area contributed by atoms with Gasteiger partial charge in [-0.1, -0.05) is 55.8 Å². The number of hydrogen-bond donors (Lipinski definition) is 0. The van der Waals surface area contributed by atoms with E-state index >= 15 is 0 Å². The van der Waals surface area contributed by atoms with E-state index in [1.807, 2.05) is 0 Å². The van der Waals surface area contributed by atoms with Crippen LogP contribution < -0.4 is 9.80 Å². The fourth-order valence-electron chi connectivity index (χ4n) is 5.74. The molecule has 0 amide bonds. The lowest BCUT2D eigenvalue weighted by atomic mass is 9.78. The lowest BCUT2D eigenvalue weighted by molar-refractivity contribution is 0.177. The van der Waals surface area contributed by atoms with Crippen LogP contribution in [-0.2, 0) is 23.1 Å². The van der Waals surface area contributed by atoms with Gasteiger partial charge in [0.2, 0.25) is 5.95 Å². The van der Waals surface area contributed by atoms with Crippen LogP contribution in [0.5, 0.6) is 0 Å². The van der Waals surface area contributed by atoms with Crippen molar-refractivity contribution in [3.63, 3.8) is 0 Å². The summed E-state index contributed by atoms with van der Waals surface area (Å²) in [4.78, 5) is 14.6. The van der Waals surface area contributed by atoms with Gasteiger partial charge >= 0.3 is 0 Å². The van der Waals surface area contributed by atoms with Crippen LogP contribution in [-0.4, -0.2) is 42.8 Å². The average Bonchev–Trinajstić information content (AvgIpc) is 3.46. The summed E-state index contributed by atoms with van der Waals surface area (Å²) >= 11 is 0. The third-order valence-corrected chi connectivity index (χ3v) is 8.18. The molecule has 2 atom stereocenters. The van der Waals surface area contributed by atoms with Crippen molar-refractivity contribution in [2.45, 2.75) is 39.2 Å². The highest BCUT2D eigenvalue weighted by Crippen LogP contribution is 2.34. The Kier molecular flexibility index (Phi) is 5.33. The van der Waals surface area contributed by atoms with Gasteiger partial charge in [-0.3, -0.25) is 0 Å². The molecule has 1 aromatic heterocycles. The van der Waals surface area contributed by atoms with Crippen molar-refractivity contribution >= 4 is 11.6 Å². The molecule has 0 N–H and O–H groups in total. The van der Waals surface area contributed by atoms with Crippen LogP contribution in [0.2, 0.25) is 0 Å². The molecular formula is C29H34N4O. The summed E-state index contributed by atoms with van der Waals surface area (Å²) in [6.45, 7) is 12.4. The predicted octanol–water partition coefficient (Wildman–Crippen LogP) is 4.76. The van der Waals surface area contributed by atoms with Crippen LogP contribution in [0.15, 0.2) is 54.7 Å². The zero-order valence-electron chi connectivity index (χ0n) is 20.5. The van der Waals surface area contributed by atoms with Crippen LogP contribution >= 0.6 is 0 Å². The van der Waals surface area contributed by atoms with Crippen molar-refractivity contribution in [1.29, 1.82) is 0 Å². The Balaban J connectivity index is 1.19. The first-order valence-electron chi connectivity index (χ1n) is 12.6. The first kappa shape index (κ1) is 21.6.